The van der Waals surface area contributed by atoms with E-state index in [1.807, 2.05) is 6.07 Å². The number of rotatable bonds is 6. The highest BCUT2D eigenvalue weighted by Gasteiger charge is 2.18. The van der Waals surface area contributed by atoms with Crippen molar-refractivity contribution in [1.29, 1.82) is 0 Å². The molecule has 4 N–H and O–H groups in total. The fourth-order valence-electron chi connectivity index (χ4n) is 1.66. The molecule has 2 rings (SSSR count). The van der Waals surface area contributed by atoms with E-state index in [0.29, 0.717) is 10.8 Å². The zero-order valence-corrected chi connectivity index (χ0v) is 13.1. The molecule has 0 unspecified atom stereocenters. The average molecular weight is 333 g/mol. The van der Waals surface area contributed by atoms with Crippen LogP contribution in [-0.4, -0.2) is 36.2 Å². The average Bonchev–Trinajstić information content (AvgIpc) is 2.97. The lowest BCUT2D eigenvalue weighted by molar-refractivity contribution is -0.120. The molecule has 1 aromatic carbocycles. The molecule has 0 atom stereocenters. The van der Waals surface area contributed by atoms with E-state index in [-0.39, 0.29) is 23.9 Å². The second-order valence-corrected chi connectivity index (χ2v) is 5.18. The van der Waals surface area contributed by atoms with E-state index in [4.69, 9.17) is 5.73 Å². The number of hydrogen-bond acceptors (Lipinski definition) is 7. The van der Waals surface area contributed by atoms with Gasteiger partial charge in [0.05, 0.1) is 6.54 Å². The molecule has 23 heavy (non-hydrogen) atoms. The maximum Gasteiger partial charge on any atom is 0.276 e. The maximum absolute atomic E-state index is 12.1. The van der Waals surface area contributed by atoms with Gasteiger partial charge in [-0.1, -0.05) is 23.4 Å². The Morgan fingerprint density at radius 2 is 2.09 bits per heavy atom. The molecule has 1 heterocycles. The molecule has 8 nitrogen and oxygen atoms in total. The number of oxime groups is 1. The van der Waals surface area contributed by atoms with Gasteiger partial charge in [-0.25, -0.2) is 4.98 Å². The largest absolute Gasteiger partial charge is 0.398 e. The lowest BCUT2D eigenvalue weighted by Crippen LogP contribution is -2.37. The van der Waals surface area contributed by atoms with E-state index >= 15 is 0 Å². The molecule has 0 aliphatic carbocycles. The smallest absolute Gasteiger partial charge is 0.276 e. The Bertz CT molecular complexity index is 714. The Balaban J connectivity index is 1.94. The highest BCUT2D eigenvalue weighted by Crippen LogP contribution is 2.12. The highest BCUT2D eigenvalue weighted by molar-refractivity contribution is 7.13. The van der Waals surface area contributed by atoms with Crippen LogP contribution in [0.2, 0.25) is 0 Å². The summed E-state index contributed by atoms with van der Waals surface area (Å²) < 4.78 is 0. The van der Waals surface area contributed by atoms with Gasteiger partial charge in [0.2, 0.25) is 5.91 Å². The second kappa shape index (κ2) is 7.90. The molecule has 9 heteroatoms. The predicted octanol–water partition coefficient (Wildman–Crippen LogP) is 0.831. The van der Waals surface area contributed by atoms with E-state index < -0.39 is 5.91 Å². The zero-order valence-electron chi connectivity index (χ0n) is 12.3. The number of carbonyl (C=O) groups is 2. The number of thiazole rings is 1. The molecule has 2 aromatic rings. The van der Waals surface area contributed by atoms with Crippen LogP contribution in [0, 0.1) is 0 Å². The third kappa shape index (κ3) is 4.78. The summed E-state index contributed by atoms with van der Waals surface area (Å²) >= 11 is 1.17. The first-order valence-corrected chi connectivity index (χ1v) is 7.43. The Morgan fingerprint density at radius 1 is 1.35 bits per heavy atom. The molecule has 0 aliphatic heterocycles. The van der Waals surface area contributed by atoms with E-state index in [2.05, 4.69) is 25.6 Å². The minimum atomic E-state index is -0.583. The van der Waals surface area contributed by atoms with Gasteiger partial charge < -0.3 is 21.2 Å². The van der Waals surface area contributed by atoms with Crippen LogP contribution in [-0.2, 0) is 14.4 Å². The lowest BCUT2D eigenvalue weighted by Gasteiger charge is -2.07. The minimum Gasteiger partial charge on any atom is -0.398 e. The van der Waals surface area contributed by atoms with E-state index in [9.17, 15) is 9.59 Å². The van der Waals surface area contributed by atoms with Gasteiger partial charge in [0.1, 0.15) is 12.8 Å². The van der Waals surface area contributed by atoms with Crippen LogP contribution < -0.4 is 16.4 Å². The normalized spacial score (nSPS) is 10.9. The highest BCUT2D eigenvalue weighted by atomic mass is 32.1. The van der Waals surface area contributed by atoms with Crippen molar-refractivity contribution in [3.63, 3.8) is 0 Å². The standard InChI is InChI=1S/C14H15N5O3S/c1-22-19-12(10-8-23-14(15)18-10)13(21)16-7-11(20)17-9-5-3-2-4-6-9/h2-6,8H,7H2,1H3,(H2,15,18)(H,16,21)(H,17,20). The summed E-state index contributed by atoms with van der Waals surface area (Å²) in [5.41, 5.74) is 6.42. The molecule has 0 fully saturated rings. The van der Waals surface area contributed by atoms with Crippen LogP contribution in [0.1, 0.15) is 5.69 Å². The Morgan fingerprint density at radius 3 is 2.70 bits per heavy atom. The quantitative estimate of drug-likeness (QED) is 0.534. The third-order valence-electron chi connectivity index (χ3n) is 2.63. The number of nitrogens with zero attached hydrogens (tertiary/aromatic N) is 2. The summed E-state index contributed by atoms with van der Waals surface area (Å²) in [5, 5.41) is 10.6. The van der Waals surface area contributed by atoms with Crippen LogP contribution in [0.5, 0.6) is 0 Å². The van der Waals surface area contributed by atoms with Crippen LogP contribution in [0.25, 0.3) is 0 Å². The topological polar surface area (TPSA) is 119 Å². The first kappa shape index (κ1) is 16.4. The van der Waals surface area contributed by atoms with Gasteiger partial charge in [0.15, 0.2) is 10.8 Å². The van der Waals surface area contributed by atoms with Crippen LogP contribution in [0.4, 0.5) is 10.8 Å². The van der Waals surface area contributed by atoms with Crippen LogP contribution in [0.15, 0.2) is 40.9 Å². The van der Waals surface area contributed by atoms with Crippen molar-refractivity contribution in [2.45, 2.75) is 0 Å². The van der Waals surface area contributed by atoms with E-state index in [0.717, 1.165) is 0 Å². The van der Waals surface area contributed by atoms with Crippen molar-refractivity contribution in [1.82, 2.24) is 10.3 Å². The summed E-state index contributed by atoms with van der Waals surface area (Å²) in [4.78, 5) is 32.5. The molecule has 0 saturated heterocycles. The zero-order chi connectivity index (χ0) is 16.7. The molecule has 0 bridgehead atoms. The van der Waals surface area contributed by atoms with Crippen LogP contribution in [0.3, 0.4) is 0 Å². The molecule has 0 saturated carbocycles. The molecule has 120 valence electrons. The van der Waals surface area contributed by atoms with Crippen molar-refractivity contribution in [3.8, 4) is 0 Å². The van der Waals surface area contributed by atoms with Crippen molar-refractivity contribution < 1.29 is 14.4 Å². The number of anilines is 2. The summed E-state index contributed by atoms with van der Waals surface area (Å²) in [6, 6.07) is 8.92. The number of para-hydroxylation sites is 1. The maximum atomic E-state index is 12.1. The Labute approximate surface area is 136 Å². The molecule has 0 aliphatic rings. The van der Waals surface area contributed by atoms with Gasteiger partial charge in [-0.3, -0.25) is 9.59 Å². The number of hydrogen-bond donors (Lipinski definition) is 3. The summed E-state index contributed by atoms with van der Waals surface area (Å²) in [6.45, 7) is -0.212. The van der Waals surface area contributed by atoms with Crippen molar-refractivity contribution >= 4 is 39.7 Å². The monoisotopic (exact) mass is 333 g/mol. The van der Waals surface area contributed by atoms with Gasteiger partial charge in [-0.2, -0.15) is 0 Å². The number of nitrogens with two attached hydrogens (primary N) is 1. The van der Waals surface area contributed by atoms with Crippen molar-refractivity contribution in [2.75, 3.05) is 24.7 Å². The van der Waals surface area contributed by atoms with Crippen molar-refractivity contribution in [2.24, 2.45) is 5.16 Å². The number of carbonyl (C=O) groups excluding carboxylic acids is 2. The third-order valence-corrected chi connectivity index (χ3v) is 3.30. The molecule has 1 aromatic heterocycles. The van der Waals surface area contributed by atoms with Crippen molar-refractivity contribution in [3.05, 3.63) is 41.4 Å². The minimum absolute atomic E-state index is 0.0482. The number of aromatic nitrogens is 1. The van der Waals surface area contributed by atoms with Gasteiger partial charge in [-0.15, -0.1) is 11.3 Å². The Hall–Kier alpha value is -2.94. The molecular formula is C14H15N5O3S. The number of benzene rings is 1. The van der Waals surface area contributed by atoms with Gasteiger partial charge in [0, 0.05) is 11.1 Å². The lowest BCUT2D eigenvalue weighted by atomic mass is 10.3. The summed E-state index contributed by atoms with van der Waals surface area (Å²) in [5.74, 6) is -0.945. The fourth-order valence-corrected chi connectivity index (χ4v) is 2.21. The van der Waals surface area contributed by atoms with E-state index in [1.54, 1.807) is 29.6 Å². The number of nitrogen functional groups attached to an aromatic ring is 1. The number of amides is 2. The SMILES string of the molecule is CON=C(C(=O)NCC(=O)Nc1ccccc1)c1csc(N)n1. The Kier molecular flexibility index (Phi) is 5.64. The summed E-state index contributed by atoms with van der Waals surface area (Å²) in [7, 11) is 1.31. The van der Waals surface area contributed by atoms with E-state index in [1.165, 1.54) is 18.4 Å². The second-order valence-electron chi connectivity index (χ2n) is 4.29. The molecule has 0 spiro atoms. The van der Waals surface area contributed by atoms with Gasteiger partial charge in [-0.05, 0) is 12.1 Å². The molecular weight excluding hydrogens is 318 g/mol. The first-order valence-electron chi connectivity index (χ1n) is 6.55. The summed E-state index contributed by atoms with van der Waals surface area (Å²) in [6.07, 6.45) is 0. The van der Waals surface area contributed by atoms with Gasteiger partial charge in [0.25, 0.3) is 5.91 Å². The molecule has 0 radical (unpaired) electrons. The molecule has 2 amide bonds. The predicted molar refractivity (Wildman–Crippen MR) is 88.2 cm³/mol. The van der Waals surface area contributed by atoms with Crippen LogP contribution >= 0.6 is 11.3 Å². The van der Waals surface area contributed by atoms with Gasteiger partial charge >= 0.3 is 0 Å². The first-order chi connectivity index (χ1) is 11.1. The fraction of sp³-hybridized carbons (Fsp3) is 0.143. The number of nitrogens with one attached hydrogen (secondary N) is 2.